The van der Waals surface area contributed by atoms with Crippen molar-refractivity contribution in [3.05, 3.63) is 74.8 Å². The van der Waals surface area contributed by atoms with Gasteiger partial charge < -0.3 is 0 Å². The predicted molar refractivity (Wildman–Crippen MR) is 128 cm³/mol. The van der Waals surface area contributed by atoms with Crippen LogP contribution in [0.1, 0.15) is 5.56 Å². The molecule has 0 radical (unpaired) electrons. The average Bonchev–Trinajstić information content (AvgIpc) is 2.79. The van der Waals surface area contributed by atoms with E-state index < -0.39 is 14.9 Å². The Morgan fingerprint density at radius 1 is 1.12 bits per heavy atom. The van der Waals surface area contributed by atoms with E-state index in [1.807, 2.05) is 4.90 Å². The molecule has 1 amide bonds. The standard InChI is InChI=1S/C21H22BrN5O5S/c22-18-7-9-19(10-8-18)33(31,32)26-14-12-25(13-15-26)16-21(28)24-23-11-3-5-17-4-1-2-6-20(17)27(29)30/h1-11H,12-16H2,(H,24,28)/b5-3-,23-11-. The zero-order chi connectivity index (χ0) is 23.8. The largest absolute Gasteiger partial charge is 0.292 e. The monoisotopic (exact) mass is 535 g/mol. The number of para-hydroxylation sites is 1. The Balaban J connectivity index is 1.45. The first kappa shape index (κ1) is 24.7. The van der Waals surface area contributed by atoms with Crippen LogP contribution in [0.2, 0.25) is 0 Å². The van der Waals surface area contributed by atoms with Crippen LogP contribution in [-0.4, -0.2) is 67.4 Å². The second-order valence-corrected chi connectivity index (χ2v) is 9.98. The lowest BCUT2D eigenvalue weighted by Gasteiger charge is -2.33. The minimum absolute atomic E-state index is 0.0209. The molecule has 33 heavy (non-hydrogen) atoms. The third-order valence-electron chi connectivity index (χ3n) is 4.91. The minimum atomic E-state index is -3.57. The average molecular weight is 536 g/mol. The highest BCUT2D eigenvalue weighted by Gasteiger charge is 2.28. The molecule has 0 aliphatic carbocycles. The second-order valence-electron chi connectivity index (χ2n) is 7.12. The number of hydrogen-bond acceptors (Lipinski definition) is 7. The number of halogens is 1. The zero-order valence-electron chi connectivity index (χ0n) is 17.5. The van der Waals surface area contributed by atoms with Crippen molar-refractivity contribution in [3.8, 4) is 0 Å². The van der Waals surface area contributed by atoms with Gasteiger partial charge in [-0.2, -0.15) is 9.41 Å². The highest BCUT2D eigenvalue weighted by Crippen LogP contribution is 2.20. The van der Waals surface area contributed by atoms with Crippen LogP contribution in [0.3, 0.4) is 0 Å². The number of nitrogens with zero attached hydrogens (tertiary/aromatic N) is 4. The number of nitro groups is 1. The maximum absolute atomic E-state index is 12.7. The van der Waals surface area contributed by atoms with E-state index in [-0.39, 0.29) is 36.1 Å². The fraction of sp³-hybridized carbons (Fsp3) is 0.238. The van der Waals surface area contributed by atoms with Gasteiger partial charge in [-0.3, -0.25) is 19.8 Å². The highest BCUT2D eigenvalue weighted by molar-refractivity contribution is 9.10. The lowest BCUT2D eigenvalue weighted by atomic mass is 10.2. The molecular weight excluding hydrogens is 514 g/mol. The quantitative estimate of drug-likeness (QED) is 0.314. The molecule has 1 N–H and O–H groups in total. The van der Waals surface area contributed by atoms with Crippen molar-refractivity contribution in [2.75, 3.05) is 32.7 Å². The summed E-state index contributed by atoms with van der Waals surface area (Å²) >= 11 is 3.29. The van der Waals surface area contributed by atoms with Gasteiger partial charge in [0.25, 0.3) is 11.6 Å². The van der Waals surface area contributed by atoms with Crippen LogP contribution in [0, 0.1) is 10.1 Å². The van der Waals surface area contributed by atoms with Crippen molar-refractivity contribution in [1.29, 1.82) is 0 Å². The number of benzene rings is 2. The molecule has 1 heterocycles. The van der Waals surface area contributed by atoms with Crippen LogP contribution >= 0.6 is 15.9 Å². The smallest absolute Gasteiger partial charge is 0.276 e. The number of nitrogens with one attached hydrogen (secondary N) is 1. The molecular formula is C21H22BrN5O5S. The topological polar surface area (TPSA) is 125 Å². The van der Waals surface area contributed by atoms with Gasteiger partial charge in [-0.25, -0.2) is 13.8 Å². The lowest BCUT2D eigenvalue weighted by Crippen LogP contribution is -2.50. The van der Waals surface area contributed by atoms with Crippen LogP contribution in [0.4, 0.5) is 5.69 Å². The summed E-state index contributed by atoms with van der Waals surface area (Å²) in [5, 5.41) is 14.8. The maximum atomic E-state index is 12.7. The summed E-state index contributed by atoms with van der Waals surface area (Å²) in [4.78, 5) is 24.7. The number of nitro benzene ring substituents is 1. The number of amides is 1. The van der Waals surface area contributed by atoms with Crippen LogP contribution in [0.25, 0.3) is 6.08 Å². The van der Waals surface area contributed by atoms with Crippen molar-refractivity contribution in [3.63, 3.8) is 0 Å². The molecule has 0 aromatic heterocycles. The van der Waals surface area contributed by atoms with Crippen LogP contribution in [0.5, 0.6) is 0 Å². The Morgan fingerprint density at radius 2 is 1.79 bits per heavy atom. The first-order valence-electron chi connectivity index (χ1n) is 9.97. The van der Waals surface area contributed by atoms with Crippen LogP contribution in [0.15, 0.2) is 69.1 Å². The molecule has 174 valence electrons. The minimum Gasteiger partial charge on any atom is -0.292 e. The molecule has 0 unspecified atom stereocenters. The molecule has 0 bridgehead atoms. The molecule has 1 aliphatic rings. The predicted octanol–water partition coefficient (Wildman–Crippen LogP) is 2.48. The zero-order valence-corrected chi connectivity index (χ0v) is 19.9. The molecule has 10 nitrogen and oxygen atoms in total. The third kappa shape index (κ3) is 6.78. The van der Waals surface area contributed by atoms with Gasteiger partial charge in [0, 0.05) is 42.9 Å². The van der Waals surface area contributed by atoms with Gasteiger partial charge in [-0.15, -0.1) is 0 Å². The van der Waals surface area contributed by atoms with Crippen molar-refractivity contribution < 1.29 is 18.1 Å². The Hall–Kier alpha value is -2.93. The molecule has 1 aliphatic heterocycles. The van der Waals surface area contributed by atoms with Gasteiger partial charge in [0.2, 0.25) is 10.0 Å². The summed E-state index contributed by atoms with van der Waals surface area (Å²) in [5.41, 5.74) is 2.80. The Labute approximate surface area is 199 Å². The highest BCUT2D eigenvalue weighted by atomic mass is 79.9. The van der Waals surface area contributed by atoms with Gasteiger partial charge in [-0.1, -0.05) is 28.1 Å². The van der Waals surface area contributed by atoms with Crippen molar-refractivity contribution in [2.45, 2.75) is 4.90 Å². The van der Waals surface area contributed by atoms with Crippen LogP contribution < -0.4 is 5.43 Å². The number of rotatable bonds is 8. The van der Waals surface area contributed by atoms with Gasteiger partial charge in [0.15, 0.2) is 0 Å². The van der Waals surface area contributed by atoms with Gasteiger partial charge in [0.05, 0.1) is 21.9 Å². The van der Waals surface area contributed by atoms with Crippen molar-refractivity contribution in [2.24, 2.45) is 5.10 Å². The molecule has 1 fully saturated rings. The Bertz CT molecular complexity index is 1160. The van der Waals surface area contributed by atoms with E-state index in [9.17, 15) is 23.3 Å². The summed E-state index contributed by atoms with van der Waals surface area (Å²) in [6.07, 6.45) is 4.35. The van der Waals surface area contributed by atoms with E-state index in [4.69, 9.17) is 0 Å². The van der Waals surface area contributed by atoms with Crippen molar-refractivity contribution >= 4 is 49.8 Å². The second kappa shape index (κ2) is 11.3. The molecule has 0 atom stereocenters. The number of carbonyl (C=O) groups is 1. The van der Waals surface area contributed by atoms with Gasteiger partial charge in [0.1, 0.15) is 0 Å². The first-order valence-corrected chi connectivity index (χ1v) is 12.2. The molecule has 2 aromatic carbocycles. The number of carbonyl (C=O) groups excluding carboxylic acids is 1. The first-order chi connectivity index (χ1) is 15.8. The molecule has 0 saturated carbocycles. The van der Waals surface area contributed by atoms with E-state index in [1.165, 1.54) is 28.7 Å². The number of sulfonamides is 1. The summed E-state index contributed by atoms with van der Waals surface area (Å²) in [5.74, 6) is -0.338. The summed E-state index contributed by atoms with van der Waals surface area (Å²) in [6.45, 7) is 1.49. The fourth-order valence-electron chi connectivity index (χ4n) is 3.22. The third-order valence-corrected chi connectivity index (χ3v) is 7.35. The Morgan fingerprint density at radius 3 is 2.45 bits per heavy atom. The van der Waals surface area contributed by atoms with Crippen LogP contribution in [-0.2, 0) is 14.8 Å². The summed E-state index contributed by atoms with van der Waals surface area (Å²) in [7, 11) is -3.57. The number of hydrogen-bond donors (Lipinski definition) is 1. The normalized spacial score (nSPS) is 15.8. The molecule has 1 saturated heterocycles. The number of allylic oxidation sites excluding steroid dienone is 1. The maximum Gasteiger partial charge on any atom is 0.276 e. The molecule has 12 heteroatoms. The summed E-state index contributed by atoms with van der Waals surface area (Å²) in [6, 6.07) is 12.8. The SMILES string of the molecule is O=C(CN1CCN(S(=O)(=O)c2ccc(Br)cc2)CC1)N/N=C\C=C/c1ccccc1[N+](=O)[O-]. The number of hydrazone groups is 1. The van der Waals surface area contributed by atoms with Gasteiger partial charge in [-0.05, 0) is 42.5 Å². The van der Waals surface area contributed by atoms with Crippen molar-refractivity contribution in [1.82, 2.24) is 14.6 Å². The van der Waals surface area contributed by atoms with Gasteiger partial charge >= 0.3 is 0 Å². The van der Waals surface area contributed by atoms with E-state index >= 15 is 0 Å². The molecule has 2 aromatic rings. The van der Waals surface area contributed by atoms with E-state index in [0.717, 1.165) is 4.47 Å². The fourth-order valence-corrected chi connectivity index (χ4v) is 4.90. The lowest BCUT2D eigenvalue weighted by molar-refractivity contribution is -0.385. The van der Waals surface area contributed by atoms with E-state index in [0.29, 0.717) is 18.7 Å². The Kier molecular flexibility index (Phi) is 8.44. The summed E-state index contributed by atoms with van der Waals surface area (Å²) < 4.78 is 27.7. The number of piperazine rings is 1. The molecule has 3 rings (SSSR count). The van der Waals surface area contributed by atoms with E-state index in [1.54, 1.807) is 42.5 Å². The molecule has 0 spiro atoms. The van der Waals surface area contributed by atoms with E-state index in [2.05, 4.69) is 26.5 Å².